The van der Waals surface area contributed by atoms with Crippen LogP contribution in [-0.4, -0.2) is 35.3 Å². The molecule has 0 saturated heterocycles. The Hall–Kier alpha value is -2.66. The van der Waals surface area contributed by atoms with Crippen LogP contribution >= 0.6 is 0 Å². The standard InChI is InChI=1S/C26H33N3O2/c1-17-4-7-22(14-18(17)2)19(3)27-25(30)16-29(24-12-13-24)15-20-5-8-21(9-6-20)26(31)28-23-10-11-23/h4-9,14,19,23-24H,10-13,15-16H2,1-3H3,(H,27,30)(H,28,31). The molecule has 2 aromatic rings. The number of carbonyl (C=O) groups is 2. The maximum atomic E-state index is 12.8. The van der Waals surface area contributed by atoms with Crippen LogP contribution in [0.1, 0.15) is 71.3 Å². The summed E-state index contributed by atoms with van der Waals surface area (Å²) in [5.41, 5.74) is 5.47. The second kappa shape index (κ2) is 9.23. The Bertz CT molecular complexity index is 946. The van der Waals surface area contributed by atoms with E-state index in [0.29, 0.717) is 24.2 Å². The maximum Gasteiger partial charge on any atom is 0.251 e. The lowest BCUT2D eigenvalue weighted by atomic mass is 10.0. The molecule has 4 rings (SSSR count). The Labute approximate surface area is 185 Å². The molecule has 31 heavy (non-hydrogen) atoms. The van der Waals surface area contributed by atoms with Gasteiger partial charge in [0.2, 0.25) is 5.91 Å². The van der Waals surface area contributed by atoms with Gasteiger partial charge in [-0.25, -0.2) is 0 Å². The van der Waals surface area contributed by atoms with Crippen molar-refractivity contribution >= 4 is 11.8 Å². The van der Waals surface area contributed by atoms with Gasteiger partial charge in [-0.1, -0.05) is 30.3 Å². The predicted octanol–water partition coefficient (Wildman–Crippen LogP) is 4.04. The molecule has 1 unspecified atom stereocenters. The van der Waals surface area contributed by atoms with Gasteiger partial charge in [-0.15, -0.1) is 0 Å². The molecule has 2 aliphatic carbocycles. The fourth-order valence-electron chi connectivity index (χ4n) is 3.84. The van der Waals surface area contributed by atoms with Crippen molar-refractivity contribution < 1.29 is 9.59 Å². The van der Waals surface area contributed by atoms with Gasteiger partial charge >= 0.3 is 0 Å². The predicted molar refractivity (Wildman–Crippen MR) is 123 cm³/mol. The molecular weight excluding hydrogens is 386 g/mol. The number of carbonyl (C=O) groups excluding carboxylic acids is 2. The van der Waals surface area contributed by atoms with Crippen molar-refractivity contribution in [1.82, 2.24) is 15.5 Å². The van der Waals surface area contributed by atoms with Crippen LogP contribution < -0.4 is 10.6 Å². The molecule has 0 spiro atoms. The third-order valence-corrected chi connectivity index (χ3v) is 6.33. The summed E-state index contributed by atoms with van der Waals surface area (Å²) in [7, 11) is 0. The number of nitrogens with zero attached hydrogens (tertiary/aromatic N) is 1. The number of nitrogens with one attached hydrogen (secondary N) is 2. The van der Waals surface area contributed by atoms with Gasteiger partial charge in [0, 0.05) is 24.2 Å². The molecule has 164 valence electrons. The quantitative estimate of drug-likeness (QED) is 0.645. The molecule has 0 bridgehead atoms. The molecule has 5 heteroatoms. The number of hydrogen-bond donors (Lipinski definition) is 2. The molecule has 2 saturated carbocycles. The molecule has 0 aliphatic heterocycles. The van der Waals surface area contributed by atoms with E-state index in [1.807, 2.05) is 31.2 Å². The van der Waals surface area contributed by atoms with E-state index >= 15 is 0 Å². The average Bonchev–Trinajstić information content (AvgIpc) is 3.64. The van der Waals surface area contributed by atoms with Gasteiger partial charge in [-0.05, 0) is 80.8 Å². The summed E-state index contributed by atoms with van der Waals surface area (Å²) < 4.78 is 0. The molecular formula is C26H33N3O2. The highest BCUT2D eigenvalue weighted by Crippen LogP contribution is 2.28. The topological polar surface area (TPSA) is 61.4 Å². The van der Waals surface area contributed by atoms with Gasteiger partial charge in [0.1, 0.15) is 0 Å². The van der Waals surface area contributed by atoms with E-state index in [-0.39, 0.29) is 17.9 Å². The molecule has 2 aromatic carbocycles. The van der Waals surface area contributed by atoms with Crippen LogP contribution in [0, 0.1) is 13.8 Å². The summed E-state index contributed by atoms with van der Waals surface area (Å²) in [5, 5.41) is 6.18. The third-order valence-electron chi connectivity index (χ3n) is 6.33. The van der Waals surface area contributed by atoms with Crippen LogP contribution in [-0.2, 0) is 11.3 Å². The minimum absolute atomic E-state index is 0.00723. The number of rotatable bonds is 9. The molecule has 0 aromatic heterocycles. The Morgan fingerprint density at radius 2 is 1.71 bits per heavy atom. The number of benzene rings is 2. The molecule has 0 radical (unpaired) electrons. The lowest BCUT2D eigenvalue weighted by Gasteiger charge is -2.23. The first-order valence-corrected chi connectivity index (χ1v) is 11.4. The van der Waals surface area contributed by atoms with Crippen LogP contribution in [0.5, 0.6) is 0 Å². The minimum Gasteiger partial charge on any atom is -0.349 e. The zero-order valence-electron chi connectivity index (χ0n) is 18.8. The zero-order chi connectivity index (χ0) is 22.0. The zero-order valence-corrected chi connectivity index (χ0v) is 18.8. The van der Waals surface area contributed by atoms with Crippen LogP contribution in [0.2, 0.25) is 0 Å². The molecule has 2 aliphatic rings. The van der Waals surface area contributed by atoms with Crippen LogP contribution in [0.15, 0.2) is 42.5 Å². The fraction of sp³-hybridized carbons (Fsp3) is 0.462. The van der Waals surface area contributed by atoms with Crippen LogP contribution in [0.4, 0.5) is 0 Å². The fourth-order valence-corrected chi connectivity index (χ4v) is 3.84. The maximum absolute atomic E-state index is 12.8. The Morgan fingerprint density at radius 3 is 2.32 bits per heavy atom. The SMILES string of the molecule is Cc1ccc(C(C)NC(=O)CN(Cc2ccc(C(=O)NC3CC3)cc2)C2CC2)cc1C. The summed E-state index contributed by atoms with van der Waals surface area (Å²) >= 11 is 0. The van der Waals surface area contributed by atoms with E-state index in [0.717, 1.165) is 43.4 Å². The average molecular weight is 420 g/mol. The second-order valence-electron chi connectivity index (χ2n) is 9.21. The van der Waals surface area contributed by atoms with Gasteiger partial charge in [-0.3, -0.25) is 14.5 Å². The highest BCUT2D eigenvalue weighted by Gasteiger charge is 2.30. The molecule has 1 atom stereocenters. The number of amides is 2. The van der Waals surface area contributed by atoms with Crippen molar-refractivity contribution in [2.45, 2.75) is 71.1 Å². The highest BCUT2D eigenvalue weighted by atomic mass is 16.2. The number of hydrogen-bond acceptors (Lipinski definition) is 3. The molecule has 5 nitrogen and oxygen atoms in total. The van der Waals surface area contributed by atoms with Crippen LogP contribution in [0.25, 0.3) is 0 Å². The lowest BCUT2D eigenvalue weighted by molar-refractivity contribution is -0.123. The van der Waals surface area contributed by atoms with Gasteiger partial charge in [0.25, 0.3) is 5.91 Å². The summed E-state index contributed by atoms with van der Waals surface area (Å²) in [4.78, 5) is 27.2. The Balaban J connectivity index is 1.32. The van der Waals surface area contributed by atoms with Crippen molar-refractivity contribution in [2.75, 3.05) is 6.54 Å². The van der Waals surface area contributed by atoms with E-state index in [4.69, 9.17) is 0 Å². The van der Waals surface area contributed by atoms with E-state index in [1.165, 1.54) is 11.1 Å². The largest absolute Gasteiger partial charge is 0.349 e. The third kappa shape index (κ3) is 5.95. The Morgan fingerprint density at radius 1 is 1.00 bits per heavy atom. The van der Waals surface area contributed by atoms with Crippen LogP contribution in [0.3, 0.4) is 0 Å². The van der Waals surface area contributed by atoms with Crippen molar-refractivity contribution in [2.24, 2.45) is 0 Å². The first kappa shape index (κ1) is 21.6. The normalized spacial score (nSPS) is 16.8. The van der Waals surface area contributed by atoms with Gasteiger partial charge in [0.15, 0.2) is 0 Å². The van der Waals surface area contributed by atoms with E-state index in [1.54, 1.807) is 0 Å². The molecule has 2 N–H and O–H groups in total. The van der Waals surface area contributed by atoms with Crippen molar-refractivity contribution in [1.29, 1.82) is 0 Å². The minimum atomic E-state index is -0.0166. The highest BCUT2D eigenvalue weighted by molar-refractivity contribution is 5.94. The van der Waals surface area contributed by atoms with E-state index in [2.05, 4.69) is 47.6 Å². The van der Waals surface area contributed by atoms with E-state index in [9.17, 15) is 9.59 Å². The summed E-state index contributed by atoms with van der Waals surface area (Å²) in [6, 6.07) is 15.0. The Kier molecular flexibility index (Phi) is 6.42. The summed E-state index contributed by atoms with van der Waals surface area (Å²) in [6.45, 7) is 7.35. The smallest absolute Gasteiger partial charge is 0.251 e. The van der Waals surface area contributed by atoms with E-state index < -0.39 is 0 Å². The first-order valence-electron chi connectivity index (χ1n) is 11.4. The van der Waals surface area contributed by atoms with Crippen molar-refractivity contribution in [3.8, 4) is 0 Å². The molecule has 0 heterocycles. The van der Waals surface area contributed by atoms with Gasteiger partial charge < -0.3 is 10.6 Å². The monoisotopic (exact) mass is 419 g/mol. The first-order chi connectivity index (χ1) is 14.9. The molecule has 2 fully saturated rings. The van der Waals surface area contributed by atoms with Crippen molar-refractivity contribution in [3.05, 3.63) is 70.3 Å². The van der Waals surface area contributed by atoms with Crippen molar-refractivity contribution in [3.63, 3.8) is 0 Å². The lowest BCUT2D eigenvalue weighted by Crippen LogP contribution is -2.39. The summed E-state index contributed by atoms with van der Waals surface area (Å²) in [6.07, 6.45) is 4.46. The van der Waals surface area contributed by atoms with Gasteiger partial charge in [0.05, 0.1) is 12.6 Å². The summed E-state index contributed by atoms with van der Waals surface area (Å²) in [5.74, 6) is 0.0610. The second-order valence-corrected chi connectivity index (χ2v) is 9.21. The molecule has 2 amide bonds. The number of aryl methyl sites for hydroxylation is 2. The van der Waals surface area contributed by atoms with Gasteiger partial charge in [-0.2, -0.15) is 0 Å².